The number of rotatable bonds is 5. The normalized spacial score (nSPS) is 10.0. The van der Waals surface area contributed by atoms with Crippen molar-refractivity contribution in [1.82, 2.24) is 5.32 Å². The van der Waals surface area contributed by atoms with Crippen molar-refractivity contribution in [3.63, 3.8) is 0 Å². The number of benzene rings is 1. The number of aliphatic hydroxyl groups excluding tert-OH is 1. The standard InChI is InChI=1S/C11H15NO2S/c1-15-10-6-3-2-5-9(10)11(14)12-7-4-8-13/h2-3,5-6,13H,4,7-8H2,1H3,(H,12,14). The summed E-state index contributed by atoms with van der Waals surface area (Å²) in [6.07, 6.45) is 2.53. The van der Waals surface area contributed by atoms with Crippen LogP contribution in [-0.2, 0) is 0 Å². The van der Waals surface area contributed by atoms with E-state index in [0.717, 1.165) is 4.90 Å². The first-order valence-corrected chi connectivity index (χ1v) is 6.04. The predicted molar refractivity (Wildman–Crippen MR) is 62.3 cm³/mol. The molecule has 0 saturated carbocycles. The lowest BCUT2D eigenvalue weighted by molar-refractivity contribution is 0.0948. The average molecular weight is 225 g/mol. The molecule has 0 aliphatic heterocycles. The van der Waals surface area contributed by atoms with Gasteiger partial charge in [0.1, 0.15) is 0 Å². The minimum absolute atomic E-state index is 0.0756. The lowest BCUT2D eigenvalue weighted by Gasteiger charge is -2.07. The van der Waals surface area contributed by atoms with Crippen LogP contribution < -0.4 is 5.32 Å². The Balaban J connectivity index is 2.64. The maximum atomic E-state index is 11.7. The third-order valence-electron chi connectivity index (χ3n) is 1.97. The molecule has 0 fully saturated rings. The predicted octanol–water partition coefficient (Wildman–Crippen LogP) is 1.52. The summed E-state index contributed by atoms with van der Waals surface area (Å²) in [7, 11) is 0. The number of hydrogen-bond acceptors (Lipinski definition) is 3. The van der Waals surface area contributed by atoms with Gasteiger partial charge in [-0.2, -0.15) is 0 Å². The Morgan fingerprint density at radius 3 is 2.87 bits per heavy atom. The molecule has 1 aromatic rings. The molecular formula is C11H15NO2S. The van der Waals surface area contributed by atoms with Crippen molar-refractivity contribution >= 4 is 17.7 Å². The van der Waals surface area contributed by atoms with Crippen LogP contribution in [0.5, 0.6) is 0 Å². The highest BCUT2D eigenvalue weighted by atomic mass is 32.2. The van der Waals surface area contributed by atoms with Gasteiger partial charge in [-0.3, -0.25) is 4.79 Å². The Labute approximate surface area is 93.9 Å². The first-order chi connectivity index (χ1) is 7.29. The topological polar surface area (TPSA) is 49.3 Å². The highest BCUT2D eigenvalue weighted by Gasteiger charge is 2.08. The van der Waals surface area contributed by atoms with Crippen LogP contribution >= 0.6 is 11.8 Å². The van der Waals surface area contributed by atoms with Crippen molar-refractivity contribution in [2.75, 3.05) is 19.4 Å². The van der Waals surface area contributed by atoms with Gasteiger partial charge < -0.3 is 10.4 Å². The van der Waals surface area contributed by atoms with Crippen LogP contribution in [0.3, 0.4) is 0 Å². The zero-order chi connectivity index (χ0) is 11.1. The van der Waals surface area contributed by atoms with Crippen LogP contribution in [-0.4, -0.2) is 30.4 Å². The van der Waals surface area contributed by atoms with Gasteiger partial charge in [0.2, 0.25) is 0 Å². The van der Waals surface area contributed by atoms with E-state index in [2.05, 4.69) is 5.32 Å². The van der Waals surface area contributed by atoms with Gasteiger partial charge in [-0.15, -0.1) is 11.8 Å². The molecule has 1 aromatic carbocycles. The minimum Gasteiger partial charge on any atom is -0.396 e. The molecule has 3 nitrogen and oxygen atoms in total. The SMILES string of the molecule is CSc1ccccc1C(=O)NCCCO. The van der Waals surface area contributed by atoms with Gasteiger partial charge in [0.25, 0.3) is 5.91 Å². The molecule has 1 amide bonds. The molecule has 0 aliphatic rings. The van der Waals surface area contributed by atoms with E-state index in [0.29, 0.717) is 18.5 Å². The van der Waals surface area contributed by atoms with Gasteiger partial charge in [-0.1, -0.05) is 12.1 Å². The maximum Gasteiger partial charge on any atom is 0.252 e. The largest absolute Gasteiger partial charge is 0.396 e. The van der Waals surface area contributed by atoms with E-state index in [1.165, 1.54) is 0 Å². The van der Waals surface area contributed by atoms with Crippen LogP contribution in [0.1, 0.15) is 16.8 Å². The van der Waals surface area contributed by atoms with Gasteiger partial charge in [0.15, 0.2) is 0 Å². The summed E-state index contributed by atoms with van der Waals surface area (Å²) < 4.78 is 0. The monoisotopic (exact) mass is 225 g/mol. The zero-order valence-electron chi connectivity index (χ0n) is 8.69. The molecule has 0 saturated heterocycles. The zero-order valence-corrected chi connectivity index (χ0v) is 9.51. The second kappa shape index (κ2) is 6.48. The van der Waals surface area contributed by atoms with Gasteiger partial charge in [-0.25, -0.2) is 0 Å². The molecule has 0 aromatic heterocycles. The lowest BCUT2D eigenvalue weighted by Crippen LogP contribution is -2.25. The van der Waals surface area contributed by atoms with Crippen LogP contribution in [0.2, 0.25) is 0 Å². The van der Waals surface area contributed by atoms with Crippen LogP contribution in [0.25, 0.3) is 0 Å². The number of nitrogens with one attached hydrogen (secondary N) is 1. The number of aliphatic hydroxyl groups is 1. The van der Waals surface area contributed by atoms with Gasteiger partial charge in [-0.05, 0) is 24.8 Å². The Kier molecular flexibility index (Phi) is 5.21. The van der Waals surface area contributed by atoms with Gasteiger partial charge >= 0.3 is 0 Å². The lowest BCUT2D eigenvalue weighted by atomic mass is 10.2. The van der Waals surface area contributed by atoms with Crippen LogP contribution in [0, 0.1) is 0 Å². The summed E-state index contributed by atoms with van der Waals surface area (Å²) in [5.41, 5.74) is 0.697. The second-order valence-electron chi connectivity index (χ2n) is 3.03. The molecule has 0 aliphatic carbocycles. The van der Waals surface area contributed by atoms with Crippen molar-refractivity contribution in [2.24, 2.45) is 0 Å². The summed E-state index contributed by atoms with van der Waals surface area (Å²) in [4.78, 5) is 12.7. The third kappa shape index (κ3) is 3.57. The van der Waals surface area contributed by atoms with E-state index in [1.54, 1.807) is 17.8 Å². The van der Waals surface area contributed by atoms with Gasteiger partial charge in [0, 0.05) is 18.0 Å². The Morgan fingerprint density at radius 2 is 2.20 bits per heavy atom. The van der Waals surface area contributed by atoms with Crippen LogP contribution in [0.4, 0.5) is 0 Å². The Hall–Kier alpha value is -1.00. The third-order valence-corrected chi connectivity index (χ3v) is 2.77. The highest BCUT2D eigenvalue weighted by Crippen LogP contribution is 2.19. The van der Waals surface area contributed by atoms with E-state index in [1.807, 2.05) is 24.5 Å². The van der Waals surface area contributed by atoms with Crippen molar-refractivity contribution in [1.29, 1.82) is 0 Å². The Bertz CT molecular complexity index is 328. The number of thioether (sulfide) groups is 1. The molecule has 0 radical (unpaired) electrons. The van der Waals surface area contributed by atoms with Crippen molar-refractivity contribution in [3.05, 3.63) is 29.8 Å². The average Bonchev–Trinajstić information content (AvgIpc) is 2.29. The molecule has 0 spiro atoms. The van der Waals surface area contributed by atoms with Gasteiger partial charge in [0.05, 0.1) is 5.56 Å². The summed E-state index contributed by atoms with van der Waals surface area (Å²) in [5, 5.41) is 11.4. The minimum atomic E-state index is -0.0756. The summed E-state index contributed by atoms with van der Waals surface area (Å²) in [6, 6.07) is 7.49. The van der Waals surface area contributed by atoms with Crippen molar-refractivity contribution in [2.45, 2.75) is 11.3 Å². The molecule has 0 heterocycles. The first-order valence-electron chi connectivity index (χ1n) is 4.81. The van der Waals surface area contributed by atoms with Crippen LogP contribution in [0.15, 0.2) is 29.2 Å². The molecule has 2 N–H and O–H groups in total. The summed E-state index contributed by atoms with van der Waals surface area (Å²) >= 11 is 1.55. The van der Waals surface area contributed by atoms with E-state index < -0.39 is 0 Å². The second-order valence-corrected chi connectivity index (χ2v) is 3.88. The fourth-order valence-electron chi connectivity index (χ4n) is 1.21. The molecule has 0 atom stereocenters. The number of amides is 1. The molecule has 82 valence electrons. The molecule has 4 heteroatoms. The molecule has 0 bridgehead atoms. The van der Waals surface area contributed by atoms with E-state index >= 15 is 0 Å². The summed E-state index contributed by atoms with van der Waals surface area (Å²) in [6.45, 7) is 0.614. The number of hydrogen-bond donors (Lipinski definition) is 2. The molecule has 0 unspecified atom stereocenters. The van der Waals surface area contributed by atoms with E-state index in [9.17, 15) is 4.79 Å². The molecular weight excluding hydrogens is 210 g/mol. The number of carbonyl (C=O) groups is 1. The Morgan fingerprint density at radius 1 is 1.47 bits per heavy atom. The maximum absolute atomic E-state index is 11.7. The highest BCUT2D eigenvalue weighted by molar-refractivity contribution is 7.98. The molecule has 15 heavy (non-hydrogen) atoms. The van der Waals surface area contributed by atoms with E-state index in [4.69, 9.17) is 5.11 Å². The van der Waals surface area contributed by atoms with Crippen molar-refractivity contribution < 1.29 is 9.90 Å². The molecule has 1 rings (SSSR count). The first kappa shape index (κ1) is 12.1. The smallest absolute Gasteiger partial charge is 0.252 e. The van der Waals surface area contributed by atoms with Crippen molar-refractivity contribution in [3.8, 4) is 0 Å². The fourth-order valence-corrected chi connectivity index (χ4v) is 1.80. The van der Waals surface area contributed by atoms with E-state index in [-0.39, 0.29) is 12.5 Å². The number of carbonyl (C=O) groups excluding carboxylic acids is 1. The fraction of sp³-hybridized carbons (Fsp3) is 0.364. The quantitative estimate of drug-likeness (QED) is 0.590. The summed E-state index contributed by atoms with van der Waals surface area (Å²) in [5.74, 6) is -0.0756.